The van der Waals surface area contributed by atoms with E-state index in [4.69, 9.17) is 5.11 Å². The highest BCUT2D eigenvalue weighted by Crippen LogP contribution is 2.35. The van der Waals surface area contributed by atoms with Crippen molar-refractivity contribution in [3.63, 3.8) is 0 Å². The molecule has 0 bridgehead atoms. The number of benzene rings is 1. The third-order valence-electron chi connectivity index (χ3n) is 4.86. The number of aromatic hydroxyl groups is 1. The normalized spacial score (nSPS) is 22.1. The molecule has 0 heterocycles. The highest BCUT2D eigenvalue weighted by atomic mass is 16.3. The fraction of sp³-hybridized carbons (Fsp3) is 0.714. The average Bonchev–Trinajstić information content (AvgIpc) is 2.54. The van der Waals surface area contributed by atoms with Gasteiger partial charge in [-0.1, -0.05) is 64.5 Å². The van der Waals surface area contributed by atoms with Crippen LogP contribution in [0.1, 0.15) is 90.0 Å². The van der Waals surface area contributed by atoms with Crippen LogP contribution >= 0.6 is 0 Å². The Balaban J connectivity index is 0.000000257. The van der Waals surface area contributed by atoms with Crippen LogP contribution in [0.25, 0.3) is 0 Å². The van der Waals surface area contributed by atoms with Gasteiger partial charge < -0.3 is 10.2 Å². The number of phenols is 1. The smallest absolute Gasteiger partial charge is 0.115 e. The molecule has 1 atom stereocenters. The molecule has 0 radical (unpaired) electrons. The lowest BCUT2D eigenvalue weighted by molar-refractivity contribution is 0.180. The Kier molecular flexibility index (Phi) is 10.0. The van der Waals surface area contributed by atoms with Gasteiger partial charge >= 0.3 is 0 Å². The number of rotatable bonds is 6. The zero-order chi connectivity index (χ0) is 17.1. The average molecular weight is 321 g/mol. The molecule has 0 spiro atoms. The van der Waals surface area contributed by atoms with Crippen molar-refractivity contribution in [1.82, 2.24) is 0 Å². The van der Waals surface area contributed by atoms with Gasteiger partial charge in [-0.15, -0.1) is 0 Å². The molecule has 0 amide bonds. The summed E-state index contributed by atoms with van der Waals surface area (Å²) in [6.07, 6.45) is 11.3. The Morgan fingerprint density at radius 3 is 2.13 bits per heavy atom. The van der Waals surface area contributed by atoms with E-state index in [-0.39, 0.29) is 6.10 Å². The molecule has 1 unspecified atom stereocenters. The molecular weight excluding hydrogens is 284 g/mol. The van der Waals surface area contributed by atoms with Crippen LogP contribution in [0.3, 0.4) is 0 Å². The Bertz CT molecular complexity index is 389. The largest absolute Gasteiger partial charge is 0.508 e. The molecule has 2 nitrogen and oxygen atoms in total. The predicted octanol–water partition coefficient (Wildman–Crippen LogP) is 6.02. The molecule has 0 aliphatic heterocycles. The molecule has 0 aromatic heterocycles. The molecule has 132 valence electrons. The van der Waals surface area contributed by atoms with E-state index in [0.29, 0.717) is 5.75 Å². The molecule has 2 rings (SSSR count). The maximum absolute atomic E-state index is 9.20. The number of aliphatic hydroxyl groups is 1. The minimum atomic E-state index is -0.0955. The van der Waals surface area contributed by atoms with Gasteiger partial charge in [0.15, 0.2) is 0 Å². The summed E-state index contributed by atoms with van der Waals surface area (Å²) in [5, 5.41) is 18.0. The van der Waals surface area contributed by atoms with E-state index in [0.717, 1.165) is 18.3 Å². The van der Waals surface area contributed by atoms with Crippen LogP contribution in [0.15, 0.2) is 24.3 Å². The number of phenolic OH excluding ortho intramolecular Hbond substituents is 1. The molecule has 2 heteroatoms. The zero-order valence-electron chi connectivity index (χ0n) is 15.3. The summed E-state index contributed by atoms with van der Waals surface area (Å²) >= 11 is 0. The molecule has 1 saturated carbocycles. The number of aliphatic hydroxyl groups excluding tert-OH is 1. The fourth-order valence-electron chi connectivity index (χ4n) is 3.21. The van der Waals surface area contributed by atoms with Gasteiger partial charge in [0.25, 0.3) is 0 Å². The molecule has 0 saturated heterocycles. The molecule has 1 aliphatic carbocycles. The SMILES string of the molecule is CC1CCC(c2ccc(O)cc2)CC1.CCCCCCC(C)O. The molecule has 1 aromatic rings. The van der Waals surface area contributed by atoms with E-state index in [9.17, 15) is 5.11 Å². The lowest BCUT2D eigenvalue weighted by Crippen LogP contribution is -2.10. The molecule has 1 fully saturated rings. The zero-order valence-corrected chi connectivity index (χ0v) is 15.3. The van der Waals surface area contributed by atoms with Crippen molar-refractivity contribution < 1.29 is 10.2 Å². The molecule has 1 aromatic carbocycles. The van der Waals surface area contributed by atoms with Crippen LogP contribution in [-0.4, -0.2) is 16.3 Å². The lowest BCUT2D eigenvalue weighted by Gasteiger charge is -2.26. The minimum absolute atomic E-state index is 0.0955. The van der Waals surface area contributed by atoms with Gasteiger partial charge in [-0.3, -0.25) is 0 Å². The molecular formula is C21H36O2. The van der Waals surface area contributed by atoms with Gasteiger partial charge in [0, 0.05) is 0 Å². The lowest BCUT2D eigenvalue weighted by atomic mass is 9.79. The third-order valence-corrected chi connectivity index (χ3v) is 4.86. The molecule has 23 heavy (non-hydrogen) atoms. The van der Waals surface area contributed by atoms with E-state index in [1.807, 2.05) is 6.92 Å². The summed E-state index contributed by atoms with van der Waals surface area (Å²) in [4.78, 5) is 0. The second-order valence-electron chi connectivity index (χ2n) is 7.25. The van der Waals surface area contributed by atoms with Crippen LogP contribution in [0, 0.1) is 5.92 Å². The van der Waals surface area contributed by atoms with Crippen LogP contribution in [0.2, 0.25) is 0 Å². The summed E-state index contributed by atoms with van der Waals surface area (Å²) < 4.78 is 0. The predicted molar refractivity (Wildman–Crippen MR) is 98.9 cm³/mol. The van der Waals surface area contributed by atoms with Crippen molar-refractivity contribution in [1.29, 1.82) is 0 Å². The third kappa shape index (κ3) is 9.00. The Morgan fingerprint density at radius 2 is 1.61 bits per heavy atom. The second-order valence-corrected chi connectivity index (χ2v) is 7.25. The van der Waals surface area contributed by atoms with Crippen molar-refractivity contribution in [2.75, 3.05) is 0 Å². The topological polar surface area (TPSA) is 40.5 Å². The summed E-state index contributed by atoms with van der Waals surface area (Å²) in [6, 6.07) is 7.73. The summed E-state index contributed by atoms with van der Waals surface area (Å²) in [5.41, 5.74) is 1.40. The molecule has 2 N–H and O–H groups in total. The van der Waals surface area contributed by atoms with Crippen LogP contribution in [0.4, 0.5) is 0 Å². The first kappa shape index (κ1) is 20.0. The maximum atomic E-state index is 9.20. The Hall–Kier alpha value is -1.02. The standard InChI is InChI=1S/C13H18O.C8H18O/c1-10-2-4-11(5-3-10)12-6-8-13(14)9-7-12;1-3-4-5-6-7-8(2)9/h6-11,14H,2-5H2,1H3;8-9H,3-7H2,1-2H3. The number of hydrogen-bond donors (Lipinski definition) is 2. The highest BCUT2D eigenvalue weighted by Gasteiger charge is 2.19. The van der Waals surface area contributed by atoms with Crippen molar-refractivity contribution in [3.05, 3.63) is 29.8 Å². The second kappa shape index (κ2) is 11.5. The highest BCUT2D eigenvalue weighted by molar-refractivity contribution is 5.28. The van der Waals surface area contributed by atoms with Crippen molar-refractivity contribution >= 4 is 0 Å². The van der Waals surface area contributed by atoms with Gasteiger partial charge in [-0.25, -0.2) is 0 Å². The monoisotopic (exact) mass is 320 g/mol. The van der Waals surface area contributed by atoms with Crippen molar-refractivity contribution in [2.24, 2.45) is 5.92 Å². The summed E-state index contributed by atoms with van der Waals surface area (Å²) in [5.74, 6) is 2.01. The van der Waals surface area contributed by atoms with Crippen molar-refractivity contribution in [2.45, 2.75) is 90.6 Å². The van der Waals surface area contributed by atoms with Crippen LogP contribution < -0.4 is 0 Å². The van der Waals surface area contributed by atoms with E-state index < -0.39 is 0 Å². The first-order chi connectivity index (χ1) is 11.0. The summed E-state index contributed by atoms with van der Waals surface area (Å²) in [6.45, 7) is 6.39. The van der Waals surface area contributed by atoms with Crippen LogP contribution in [-0.2, 0) is 0 Å². The molecule has 1 aliphatic rings. The fourth-order valence-corrected chi connectivity index (χ4v) is 3.21. The Labute approximate surface area is 142 Å². The number of unbranched alkanes of at least 4 members (excludes halogenated alkanes) is 3. The van der Waals surface area contributed by atoms with E-state index in [1.54, 1.807) is 12.1 Å². The van der Waals surface area contributed by atoms with Crippen molar-refractivity contribution in [3.8, 4) is 5.75 Å². The minimum Gasteiger partial charge on any atom is -0.508 e. The van der Waals surface area contributed by atoms with E-state index >= 15 is 0 Å². The van der Waals surface area contributed by atoms with E-state index in [2.05, 4.69) is 26.0 Å². The Morgan fingerprint density at radius 1 is 1.00 bits per heavy atom. The van der Waals surface area contributed by atoms with Gasteiger partial charge in [0.1, 0.15) is 5.75 Å². The first-order valence-corrected chi connectivity index (χ1v) is 9.49. The quantitative estimate of drug-likeness (QED) is 0.629. The van der Waals surface area contributed by atoms with Gasteiger partial charge in [0.05, 0.1) is 6.10 Å². The van der Waals surface area contributed by atoms with E-state index in [1.165, 1.54) is 56.9 Å². The van der Waals surface area contributed by atoms with Gasteiger partial charge in [0.2, 0.25) is 0 Å². The van der Waals surface area contributed by atoms with Crippen LogP contribution in [0.5, 0.6) is 5.75 Å². The van der Waals surface area contributed by atoms with Gasteiger partial charge in [-0.05, 0) is 55.7 Å². The first-order valence-electron chi connectivity index (χ1n) is 9.49. The van der Waals surface area contributed by atoms with Gasteiger partial charge in [-0.2, -0.15) is 0 Å². The summed E-state index contributed by atoms with van der Waals surface area (Å²) in [7, 11) is 0. The maximum Gasteiger partial charge on any atom is 0.115 e. The number of hydrogen-bond acceptors (Lipinski definition) is 2.